The highest BCUT2D eigenvalue weighted by Gasteiger charge is 2.32. The van der Waals surface area contributed by atoms with Gasteiger partial charge in [0.2, 0.25) is 10.0 Å². The number of anilines is 2. The fourth-order valence-corrected chi connectivity index (χ4v) is 4.55. The van der Waals surface area contributed by atoms with Crippen LogP contribution in [-0.2, 0) is 26.0 Å². The zero-order valence-corrected chi connectivity index (χ0v) is 17.8. The van der Waals surface area contributed by atoms with Crippen LogP contribution in [0.5, 0.6) is 0 Å². The van der Waals surface area contributed by atoms with Crippen molar-refractivity contribution in [2.24, 2.45) is 5.14 Å². The summed E-state index contributed by atoms with van der Waals surface area (Å²) in [4.78, 5) is 28.6. The van der Waals surface area contributed by atoms with Crippen LogP contribution in [0.25, 0.3) is 0 Å². The molecular formula is C20H23N5O5S. The molecular weight excluding hydrogens is 422 g/mol. The molecule has 2 aliphatic heterocycles. The number of fused-ring (bicyclic) bond motifs is 1. The molecule has 1 aromatic carbocycles. The fraction of sp³-hybridized carbons (Fsp3) is 0.400. The van der Waals surface area contributed by atoms with E-state index in [-0.39, 0.29) is 16.6 Å². The topological polar surface area (TPSA) is 136 Å². The first kappa shape index (κ1) is 21.2. The van der Waals surface area contributed by atoms with Gasteiger partial charge < -0.3 is 14.5 Å². The lowest BCUT2D eigenvalue weighted by Crippen LogP contribution is -2.38. The molecule has 1 aromatic heterocycles. The van der Waals surface area contributed by atoms with Crippen molar-refractivity contribution in [2.75, 3.05) is 29.5 Å². The van der Waals surface area contributed by atoms with E-state index in [1.807, 2.05) is 6.92 Å². The Morgan fingerprint density at radius 2 is 1.90 bits per heavy atom. The standard InChI is InChI=1S/C20H23N5O5S/c1-13-10-14-11-15(31(21,28)29)4-6-17(14)25(13)19(26)12-30-20(27)16-5-7-18(23-22-16)24-8-2-3-9-24/h4-7,11,13H,2-3,8-10,12H2,1H3,(H2,21,28,29). The van der Waals surface area contributed by atoms with Crippen LogP contribution < -0.4 is 14.9 Å². The third-order valence-corrected chi connectivity index (χ3v) is 6.39. The Labute approximate surface area is 180 Å². The van der Waals surface area contributed by atoms with E-state index in [2.05, 4.69) is 15.1 Å². The molecule has 31 heavy (non-hydrogen) atoms. The van der Waals surface area contributed by atoms with Gasteiger partial charge in [-0.25, -0.2) is 18.4 Å². The number of sulfonamides is 1. The van der Waals surface area contributed by atoms with Crippen LogP contribution in [0.4, 0.5) is 11.5 Å². The monoisotopic (exact) mass is 445 g/mol. The van der Waals surface area contributed by atoms with E-state index in [9.17, 15) is 18.0 Å². The Kier molecular flexibility index (Phi) is 5.63. The summed E-state index contributed by atoms with van der Waals surface area (Å²) in [5, 5.41) is 13.2. The maximum atomic E-state index is 12.7. The third kappa shape index (κ3) is 4.37. The zero-order valence-electron chi connectivity index (χ0n) is 17.0. The molecule has 0 aliphatic carbocycles. The summed E-state index contributed by atoms with van der Waals surface area (Å²) < 4.78 is 28.3. The highest BCUT2D eigenvalue weighted by Crippen LogP contribution is 2.33. The first-order valence-electron chi connectivity index (χ1n) is 9.97. The molecule has 2 aromatic rings. The lowest BCUT2D eigenvalue weighted by molar-refractivity contribution is -0.122. The van der Waals surface area contributed by atoms with Gasteiger partial charge in [-0.3, -0.25) is 4.79 Å². The Morgan fingerprint density at radius 1 is 1.16 bits per heavy atom. The molecule has 1 fully saturated rings. The van der Waals surface area contributed by atoms with E-state index in [1.54, 1.807) is 12.1 Å². The number of carbonyl (C=O) groups is 2. The first-order chi connectivity index (χ1) is 14.7. The van der Waals surface area contributed by atoms with Crippen LogP contribution in [-0.4, -0.2) is 56.2 Å². The maximum Gasteiger partial charge on any atom is 0.359 e. The van der Waals surface area contributed by atoms with E-state index in [4.69, 9.17) is 9.88 Å². The number of amides is 1. The molecule has 2 N–H and O–H groups in total. The second kappa shape index (κ2) is 8.23. The van der Waals surface area contributed by atoms with Crippen LogP contribution in [0.3, 0.4) is 0 Å². The average Bonchev–Trinajstić information content (AvgIpc) is 3.38. The molecule has 0 spiro atoms. The normalized spacial score (nSPS) is 18.2. The van der Waals surface area contributed by atoms with Crippen molar-refractivity contribution in [1.82, 2.24) is 10.2 Å². The van der Waals surface area contributed by atoms with Gasteiger partial charge >= 0.3 is 5.97 Å². The van der Waals surface area contributed by atoms with Gasteiger partial charge in [-0.2, -0.15) is 0 Å². The van der Waals surface area contributed by atoms with Gasteiger partial charge in [0, 0.05) is 24.8 Å². The molecule has 1 amide bonds. The number of nitrogens with zero attached hydrogens (tertiary/aromatic N) is 4. The summed E-state index contributed by atoms with van der Waals surface area (Å²) in [6.07, 6.45) is 2.69. The van der Waals surface area contributed by atoms with Crippen LogP contribution in [0, 0.1) is 0 Å². The molecule has 1 unspecified atom stereocenters. The predicted octanol–water partition coefficient (Wildman–Crippen LogP) is 0.859. The minimum absolute atomic E-state index is 0.00451. The van der Waals surface area contributed by atoms with Crippen molar-refractivity contribution in [3.05, 3.63) is 41.6 Å². The molecule has 1 atom stereocenters. The van der Waals surface area contributed by atoms with E-state index in [1.165, 1.54) is 23.1 Å². The van der Waals surface area contributed by atoms with Gasteiger partial charge in [-0.05, 0) is 62.1 Å². The quantitative estimate of drug-likeness (QED) is 0.669. The molecule has 0 bridgehead atoms. The lowest BCUT2D eigenvalue weighted by Gasteiger charge is -2.22. The molecule has 164 valence electrons. The van der Waals surface area contributed by atoms with E-state index in [0.29, 0.717) is 23.5 Å². The fourth-order valence-electron chi connectivity index (χ4n) is 3.98. The lowest BCUT2D eigenvalue weighted by atomic mass is 10.1. The summed E-state index contributed by atoms with van der Waals surface area (Å²) in [7, 11) is -3.83. The molecule has 2 aliphatic rings. The van der Waals surface area contributed by atoms with Crippen molar-refractivity contribution in [1.29, 1.82) is 0 Å². The summed E-state index contributed by atoms with van der Waals surface area (Å²) in [5.41, 5.74) is 1.31. The van der Waals surface area contributed by atoms with Crippen LogP contribution >= 0.6 is 0 Å². The Balaban J connectivity index is 1.40. The second-order valence-electron chi connectivity index (χ2n) is 7.70. The van der Waals surface area contributed by atoms with Gasteiger partial charge in [-0.15, -0.1) is 10.2 Å². The summed E-state index contributed by atoms with van der Waals surface area (Å²) >= 11 is 0. The van der Waals surface area contributed by atoms with E-state index < -0.39 is 28.5 Å². The molecule has 10 nitrogen and oxygen atoms in total. The molecule has 4 rings (SSSR count). The van der Waals surface area contributed by atoms with Crippen LogP contribution in [0.15, 0.2) is 35.2 Å². The summed E-state index contributed by atoms with van der Waals surface area (Å²) in [5.74, 6) is -0.429. The highest BCUT2D eigenvalue weighted by atomic mass is 32.2. The number of nitrogens with two attached hydrogens (primary N) is 1. The third-order valence-electron chi connectivity index (χ3n) is 5.48. The summed E-state index contributed by atoms with van der Waals surface area (Å²) in [6.45, 7) is 3.20. The number of rotatable bonds is 5. The number of esters is 1. The van der Waals surface area contributed by atoms with Gasteiger partial charge in [-0.1, -0.05) is 0 Å². The van der Waals surface area contributed by atoms with Gasteiger partial charge in [0.25, 0.3) is 5.91 Å². The summed E-state index contributed by atoms with van der Waals surface area (Å²) in [6, 6.07) is 7.42. The number of hydrogen-bond donors (Lipinski definition) is 1. The Bertz CT molecular complexity index is 1110. The number of carbonyl (C=O) groups excluding carboxylic acids is 2. The smallest absolute Gasteiger partial charge is 0.359 e. The SMILES string of the molecule is CC1Cc2cc(S(N)(=O)=O)ccc2N1C(=O)COC(=O)c1ccc(N2CCCC2)nn1. The zero-order chi connectivity index (χ0) is 22.2. The number of ether oxygens (including phenoxy) is 1. The van der Waals surface area contributed by atoms with E-state index in [0.717, 1.165) is 25.9 Å². The van der Waals surface area contributed by atoms with Crippen molar-refractivity contribution in [3.8, 4) is 0 Å². The van der Waals surface area contributed by atoms with E-state index >= 15 is 0 Å². The molecule has 0 saturated carbocycles. The Hall–Kier alpha value is -3.05. The largest absolute Gasteiger partial charge is 0.451 e. The Morgan fingerprint density at radius 3 is 2.55 bits per heavy atom. The molecule has 1 saturated heterocycles. The highest BCUT2D eigenvalue weighted by molar-refractivity contribution is 7.89. The average molecular weight is 446 g/mol. The predicted molar refractivity (Wildman–Crippen MR) is 112 cm³/mol. The number of benzene rings is 1. The first-order valence-corrected chi connectivity index (χ1v) is 11.5. The molecule has 3 heterocycles. The van der Waals surface area contributed by atoms with Gasteiger partial charge in [0.15, 0.2) is 18.1 Å². The van der Waals surface area contributed by atoms with Crippen LogP contribution in [0.1, 0.15) is 35.8 Å². The molecule has 0 radical (unpaired) electrons. The van der Waals surface area contributed by atoms with Gasteiger partial charge in [0.05, 0.1) is 4.90 Å². The number of hydrogen-bond acceptors (Lipinski definition) is 8. The maximum absolute atomic E-state index is 12.7. The van der Waals surface area contributed by atoms with Crippen molar-refractivity contribution < 1.29 is 22.7 Å². The van der Waals surface area contributed by atoms with Crippen molar-refractivity contribution in [2.45, 2.75) is 37.1 Å². The number of primary sulfonamides is 1. The number of aromatic nitrogens is 2. The van der Waals surface area contributed by atoms with Crippen molar-refractivity contribution in [3.63, 3.8) is 0 Å². The minimum atomic E-state index is -3.83. The van der Waals surface area contributed by atoms with Crippen molar-refractivity contribution >= 4 is 33.4 Å². The van der Waals surface area contributed by atoms with Gasteiger partial charge in [0.1, 0.15) is 0 Å². The molecule has 11 heteroatoms. The minimum Gasteiger partial charge on any atom is -0.451 e. The second-order valence-corrected chi connectivity index (χ2v) is 9.26. The van der Waals surface area contributed by atoms with Crippen LogP contribution in [0.2, 0.25) is 0 Å².